The second kappa shape index (κ2) is 7.20. The lowest BCUT2D eigenvalue weighted by Gasteiger charge is -2.13. The molecule has 4 rings (SSSR count). The summed E-state index contributed by atoms with van der Waals surface area (Å²) in [7, 11) is 0. The van der Waals surface area contributed by atoms with E-state index in [4.69, 9.17) is 4.74 Å². The van der Waals surface area contributed by atoms with Crippen molar-refractivity contribution in [2.75, 3.05) is 5.32 Å². The number of rotatable bonds is 5. The molecule has 136 valence electrons. The number of nitrogens with zero attached hydrogens (tertiary/aromatic N) is 1. The van der Waals surface area contributed by atoms with Gasteiger partial charge in [0.05, 0.1) is 5.69 Å². The van der Waals surface area contributed by atoms with Gasteiger partial charge in [0.1, 0.15) is 11.6 Å². The summed E-state index contributed by atoms with van der Waals surface area (Å²) in [6.07, 6.45) is 1.17. The molecule has 0 aliphatic heterocycles. The van der Waals surface area contributed by atoms with Gasteiger partial charge in [-0.15, -0.1) is 11.3 Å². The summed E-state index contributed by atoms with van der Waals surface area (Å²) in [5, 5.41) is 6.24. The molecular weight excluding hydrogens is 365 g/mol. The van der Waals surface area contributed by atoms with Crippen molar-refractivity contribution in [1.29, 1.82) is 0 Å². The molecule has 7 heteroatoms. The summed E-state index contributed by atoms with van der Waals surface area (Å²) < 4.78 is 18.5. The summed E-state index contributed by atoms with van der Waals surface area (Å²) in [6, 6.07) is 13.5. The van der Waals surface area contributed by atoms with Crippen molar-refractivity contribution in [3.63, 3.8) is 0 Å². The van der Waals surface area contributed by atoms with Crippen molar-refractivity contribution >= 4 is 33.3 Å². The Morgan fingerprint density at radius 3 is 2.81 bits per heavy atom. The Labute approximate surface area is 158 Å². The van der Waals surface area contributed by atoms with Gasteiger partial charge in [-0.1, -0.05) is 18.2 Å². The molecule has 0 spiro atoms. The van der Waals surface area contributed by atoms with Crippen LogP contribution in [0.1, 0.15) is 6.92 Å². The summed E-state index contributed by atoms with van der Waals surface area (Å²) in [6.45, 7) is 1.63. The smallest absolute Gasteiger partial charge is 0.266 e. The molecule has 5 nitrogen and oxygen atoms in total. The van der Waals surface area contributed by atoms with Crippen LogP contribution in [0.5, 0.6) is 5.75 Å². The van der Waals surface area contributed by atoms with E-state index in [2.05, 4.69) is 15.3 Å². The molecule has 27 heavy (non-hydrogen) atoms. The maximum atomic E-state index is 12.9. The Morgan fingerprint density at radius 1 is 1.22 bits per heavy atom. The molecule has 2 aromatic heterocycles. The summed E-state index contributed by atoms with van der Waals surface area (Å²) in [5.41, 5.74) is 2.81. The number of carbonyl (C=O) groups is 1. The van der Waals surface area contributed by atoms with E-state index in [0.717, 1.165) is 22.2 Å². The van der Waals surface area contributed by atoms with E-state index >= 15 is 0 Å². The zero-order valence-corrected chi connectivity index (χ0v) is 15.2. The average Bonchev–Trinajstić information content (AvgIpc) is 3.30. The van der Waals surface area contributed by atoms with Crippen molar-refractivity contribution in [3.05, 3.63) is 65.9 Å². The third-order valence-corrected chi connectivity index (χ3v) is 4.85. The van der Waals surface area contributed by atoms with Crippen LogP contribution >= 0.6 is 11.3 Å². The average molecular weight is 381 g/mol. The lowest BCUT2D eigenvalue weighted by molar-refractivity contribution is -0.122. The number of H-pyrrole nitrogens is 1. The zero-order chi connectivity index (χ0) is 18.8. The Kier molecular flexibility index (Phi) is 4.60. The van der Waals surface area contributed by atoms with Gasteiger partial charge in [-0.05, 0) is 37.3 Å². The Balaban J connectivity index is 1.45. The highest BCUT2D eigenvalue weighted by molar-refractivity contribution is 7.14. The fourth-order valence-electron chi connectivity index (χ4n) is 2.72. The molecule has 0 saturated carbocycles. The van der Waals surface area contributed by atoms with Crippen LogP contribution in [0.15, 0.2) is 60.1 Å². The number of carbonyl (C=O) groups excluding carboxylic acids is 1. The number of amides is 1. The molecule has 0 bridgehead atoms. The van der Waals surface area contributed by atoms with E-state index in [1.54, 1.807) is 6.92 Å². The van der Waals surface area contributed by atoms with Crippen molar-refractivity contribution in [3.8, 4) is 17.0 Å². The van der Waals surface area contributed by atoms with Gasteiger partial charge in [0.25, 0.3) is 5.91 Å². The number of nitrogens with one attached hydrogen (secondary N) is 2. The van der Waals surface area contributed by atoms with Gasteiger partial charge in [0, 0.05) is 28.0 Å². The number of hydrogen-bond acceptors (Lipinski definition) is 4. The molecule has 0 radical (unpaired) electrons. The Bertz CT molecular complexity index is 1090. The lowest BCUT2D eigenvalue weighted by atomic mass is 10.1. The third kappa shape index (κ3) is 3.68. The van der Waals surface area contributed by atoms with Crippen LogP contribution in [0.4, 0.5) is 9.52 Å². The van der Waals surface area contributed by atoms with Crippen molar-refractivity contribution in [2.45, 2.75) is 13.0 Å². The number of hydrogen-bond donors (Lipinski definition) is 2. The molecule has 2 N–H and O–H groups in total. The van der Waals surface area contributed by atoms with E-state index in [-0.39, 0.29) is 11.7 Å². The first-order valence-corrected chi connectivity index (χ1v) is 9.23. The van der Waals surface area contributed by atoms with E-state index in [0.29, 0.717) is 10.9 Å². The van der Waals surface area contributed by atoms with Gasteiger partial charge in [-0.3, -0.25) is 10.1 Å². The van der Waals surface area contributed by atoms with E-state index in [1.807, 2.05) is 35.8 Å². The van der Waals surface area contributed by atoms with Gasteiger partial charge in [-0.25, -0.2) is 9.37 Å². The normalized spacial score (nSPS) is 12.1. The monoisotopic (exact) mass is 381 g/mol. The SMILES string of the molecule is C[C@@H](Oc1ccc(F)cc1)C(=O)Nc1nc(-c2c[nH]c3ccccc23)cs1. The minimum absolute atomic E-state index is 0.320. The molecule has 0 aliphatic carbocycles. The number of ether oxygens (including phenoxy) is 1. The first kappa shape index (κ1) is 17.2. The zero-order valence-electron chi connectivity index (χ0n) is 14.4. The topological polar surface area (TPSA) is 67.0 Å². The molecule has 4 aromatic rings. The van der Waals surface area contributed by atoms with Crippen LogP contribution in [0.2, 0.25) is 0 Å². The number of anilines is 1. The van der Waals surface area contributed by atoms with E-state index in [1.165, 1.54) is 35.6 Å². The molecule has 2 heterocycles. The standard InChI is InChI=1S/C20H16FN3O2S/c1-12(26-14-8-6-13(21)7-9-14)19(25)24-20-23-18(11-27-20)16-10-22-17-5-3-2-4-15(16)17/h2-12,22H,1H3,(H,23,24,25)/t12-/m1/s1. The number of benzene rings is 2. The minimum Gasteiger partial charge on any atom is -0.481 e. The van der Waals surface area contributed by atoms with Gasteiger partial charge in [0.2, 0.25) is 0 Å². The van der Waals surface area contributed by atoms with Crippen LogP contribution in [0.25, 0.3) is 22.2 Å². The molecule has 0 fully saturated rings. The third-order valence-electron chi connectivity index (χ3n) is 4.10. The molecule has 0 aliphatic rings. The van der Waals surface area contributed by atoms with Gasteiger partial charge < -0.3 is 9.72 Å². The maximum Gasteiger partial charge on any atom is 0.266 e. The van der Waals surface area contributed by atoms with Crippen LogP contribution in [0, 0.1) is 5.82 Å². The molecule has 2 aromatic carbocycles. The molecule has 1 atom stereocenters. The maximum absolute atomic E-state index is 12.9. The number of para-hydroxylation sites is 1. The fraction of sp³-hybridized carbons (Fsp3) is 0.100. The molecule has 1 amide bonds. The predicted octanol–water partition coefficient (Wildman–Crippen LogP) is 4.84. The molecular formula is C20H16FN3O2S. The quantitative estimate of drug-likeness (QED) is 0.520. The van der Waals surface area contributed by atoms with Gasteiger partial charge >= 0.3 is 0 Å². The lowest BCUT2D eigenvalue weighted by Crippen LogP contribution is -2.30. The summed E-state index contributed by atoms with van der Waals surface area (Å²) in [4.78, 5) is 20.1. The Hall–Kier alpha value is -3.19. The largest absolute Gasteiger partial charge is 0.481 e. The highest BCUT2D eigenvalue weighted by atomic mass is 32.1. The van der Waals surface area contributed by atoms with Crippen molar-refractivity contribution < 1.29 is 13.9 Å². The summed E-state index contributed by atoms with van der Waals surface area (Å²) in [5.74, 6) is -0.246. The minimum atomic E-state index is -0.740. The van der Waals surface area contributed by atoms with Crippen LogP contribution in [-0.2, 0) is 4.79 Å². The number of halogens is 1. The predicted molar refractivity (Wildman–Crippen MR) is 105 cm³/mol. The first-order valence-electron chi connectivity index (χ1n) is 8.35. The number of thiazole rings is 1. The van der Waals surface area contributed by atoms with Gasteiger partial charge in [-0.2, -0.15) is 0 Å². The van der Waals surface area contributed by atoms with Crippen LogP contribution in [-0.4, -0.2) is 22.0 Å². The van der Waals surface area contributed by atoms with Crippen LogP contribution in [0.3, 0.4) is 0 Å². The van der Waals surface area contributed by atoms with Crippen molar-refractivity contribution in [1.82, 2.24) is 9.97 Å². The number of fused-ring (bicyclic) bond motifs is 1. The summed E-state index contributed by atoms with van der Waals surface area (Å²) >= 11 is 1.35. The number of aromatic amines is 1. The fourth-order valence-corrected chi connectivity index (χ4v) is 3.43. The molecule has 0 unspecified atom stereocenters. The van der Waals surface area contributed by atoms with Crippen molar-refractivity contribution in [2.24, 2.45) is 0 Å². The second-order valence-electron chi connectivity index (χ2n) is 5.99. The number of aromatic nitrogens is 2. The van der Waals surface area contributed by atoms with Gasteiger partial charge in [0.15, 0.2) is 11.2 Å². The van der Waals surface area contributed by atoms with E-state index in [9.17, 15) is 9.18 Å². The van der Waals surface area contributed by atoms with E-state index < -0.39 is 6.10 Å². The highest BCUT2D eigenvalue weighted by Crippen LogP contribution is 2.31. The Morgan fingerprint density at radius 2 is 2.00 bits per heavy atom. The molecule has 0 saturated heterocycles. The second-order valence-corrected chi connectivity index (χ2v) is 6.85. The highest BCUT2D eigenvalue weighted by Gasteiger charge is 2.17. The first-order chi connectivity index (χ1) is 13.1. The van der Waals surface area contributed by atoms with Crippen LogP contribution < -0.4 is 10.1 Å².